The van der Waals surface area contributed by atoms with E-state index in [4.69, 9.17) is 9.47 Å². The maximum Gasteiger partial charge on any atom is 0.231 e. The first-order valence-corrected chi connectivity index (χ1v) is 7.34. The van der Waals surface area contributed by atoms with Crippen molar-refractivity contribution in [1.82, 2.24) is 10.2 Å². The number of likely N-dealkylation sites (tertiary alicyclic amines) is 1. The topological polar surface area (TPSA) is 46.1 Å². The highest BCUT2D eigenvalue weighted by Crippen LogP contribution is 2.36. The molecule has 3 aliphatic heterocycles. The van der Waals surface area contributed by atoms with Crippen molar-refractivity contribution in [3.8, 4) is 11.5 Å². The van der Waals surface area contributed by atoms with Gasteiger partial charge in [0.05, 0.1) is 12.6 Å². The molecule has 5 nitrogen and oxygen atoms in total. The number of aliphatic imine (C=N–C) groups is 1. The van der Waals surface area contributed by atoms with E-state index < -0.39 is 0 Å². The number of benzene rings is 1. The van der Waals surface area contributed by atoms with Crippen LogP contribution in [-0.4, -0.2) is 43.7 Å². The van der Waals surface area contributed by atoms with Crippen LogP contribution in [0.3, 0.4) is 0 Å². The van der Waals surface area contributed by atoms with E-state index in [1.165, 1.54) is 18.4 Å². The summed E-state index contributed by atoms with van der Waals surface area (Å²) in [4.78, 5) is 7.15. The van der Waals surface area contributed by atoms with E-state index in [-0.39, 0.29) is 6.04 Å². The molecule has 106 valence electrons. The zero-order chi connectivity index (χ0) is 13.4. The maximum atomic E-state index is 5.51. The Kier molecular flexibility index (Phi) is 2.99. The van der Waals surface area contributed by atoms with Crippen molar-refractivity contribution in [2.24, 2.45) is 4.99 Å². The summed E-state index contributed by atoms with van der Waals surface area (Å²) in [6.45, 7) is 4.43. The normalized spacial score (nSPS) is 22.7. The van der Waals surface area contributed by atoms with E-state index in [1.54, 1.807) is 0 Å². The molecule has 0 radical (unpaired) electrons. The van der Waals surface area contributed by atoms with Gasteiger partial charge in [-0.25, -0.2) is 0 Å². The largest absolute Gasteiger partial charge is 0.454 e. The van der Waals surface area contributed by atoms with Crippen molar-refractivity contribution in [3.05, 3.63) is 23.8 Å². The van der Waals surface area contributed by atoms with Crippen molar-refractivity contribution < 1.29 is 9.47 Å². The minimum Gasteiger partial charge on any atom is -0.454 e. The Morgan fingerprint density at radius 2 is 2.00 bits per heavy atom. The number of amidine groups is 1. The molecule has 0 saturated carbocycles. The smallest absolute Gasteiger partial charge is 0.231 e. The molecule has 1 aromatic rings. The predicted molar refractivity (Wildman–Crippen MR) is 76.4 cm³/mol. The molecule has 0 bridgehead atoms. The Labute approximate surface area is 118 Å². The number of hydrogen-bond acceptors (Lipinski definition) is 5. The Balaban J connectivity index is 1.69. The molecule has 5 heteroatoms. The molecular formula is C15H19N3O2. The van der Waals surface area contributed by atoms with Gasteiger partial charge in [-0.05, 0) is 43.6 Å². The van der Waals surface area contributed by atoms with Crippen molar-refractivity contribution in [2.45, 2.75) is 18.9 Å². The van der Waals surface area contributed by atoms with Crippen LogP contribution in [0, 0.1) is 0 Å². The Morgan fingerprint density at radius 1 is 1.15 bits per heavy atom. The molecule has 3 aliphatic rings. The molecule has 1 saturated heterocycles. The van der Waals surface area contributed by atoms with E-state index in [9.17, 15) is 0 Å². The molecule has 0 aliphatic carbocycles. The number of hydrogen-bond donors (Lipinski definition) is 1. The van der Waals surface area contributed by atoms with Crippen LogP contribution in [-0.2, 0) is 0 Å². The molecule has 1 N–H and O–H groups in total. The third-order valence-corrected chi connectivity index (χ3v) is 4.18. The second kappa shape index (κ2) is 4.98. The van der Waals surface area contributed by atoms with Gasteiger partial charge < -0.3 is 14.8 Å². The van der Waals surface area contributed by atoms with Gasteiger partial charge in [0.2, 0.25) is 6.79 Å². The third kappa shape index (κ3) is 2.02. The van der Waals surface area contributed by atoms with Crippen LogP contribution in [0.25, 0.3) is 0 Å². The third-order valence-electron chi connectivity index (χ3n) is 4.18. The van der Waals surface area contributed by atoms with Crippen molar-refractivity contribution >= 4 is 5.84 Å². The van der Waals surface area contributed by atoms with Crippen molar-refractivity contribution in [2.75, 3.05) is 33.0 Å². The van der Waals surface area contributed by atoms with Gasteiger partial charge in [0.1, 0.15) is 5.84 Å². The van der Waals surface area contributed by atoms with Gasteiger partial charge in [0.25, 0.3) is 0 Å². The fourth-order valence-corrected chi connectivity index (χ4v) is 3.22. The summed E-state index contributed by atoms with van der Waals surface area (Å²) in [5.74, 6) is 2.80. The fraction of sp³-hybridized carbons (Fsp3) is 0.533. The minimum absolute atomic E-state index is 0.231. The summed E-state index contributed by atoms with van der Waals surface area (Å²) >= 11 is 0. The molecule has 0 amide bonds. The van der Waals surface area contributed by atoms with E-state index >= 15 is 0 Å². The number of nitrogens with zero attached hydrogens (tertiary/aromatic N) is 2. The summed E-state index contributed by atoms with van der Waals surface area (Å²) in [5.41, 5.74) is 1.24. The second-order valence-corrected chi connectivity index (χ2v) is 5.45. The molecule has 3 heterocycles. The monoisotopic (exact) mass is 273 g/mol. The molecular weight excluding hydrogens is 254 g/mol. The number of rotatable bonds is 3. The molecule has 20 heavy (non-hydrogen) atoms. The van der Waals surface area contributed by atoms with Gasteiger partial charge >= 0.3 is 0 Å². The van der Waals surface area contributed by atoms with E-state index in [0.717, 1.165) is 43.5 Å². The Morgan fingerprint density at radius 3 is 2.80 bits per heavy atom. The van der Waals surface area contributed by atoms with Gasteiger partial charge in [-0.15, -0.1) is 0 Å². The summed E-state index contributed by atoms with van der Waals surface area (Å²) in [7, 11) is 0. The predicted octanol–water partition coefficient (Wildman–Crippen LogP) is 1.55. The zero-order valence-corrected chi connectivity index (χ0v) is 11.5. The second-order valence-electron chi connectivity index (χ2n) is 5.45. The van der Waals surface area contributed by atoms with Gasteiger partial charge in [-0.1, -0.05) is 6.07 Å². The van der Waals surface area contributed by atoms with Crippen LogP contribution in [0.5, 0.6) is 11.5 Å². The van der Waals surface area contributed by atoms with Crippen LogP contribution in [0.15, 0.2) is 23.2 Å². The zero-order valence-electron chi connectivity index (χ0n) is 11.5. The van der Waals surface area contributed by atoms with Crippen LogP contribution in [0.2, 0.25) is 0 Å². The lowest BCUT2D eigenvalue weighted by Gasteiger charge is -2.28. The first kappa shape index (κ1) is 12.0. The number of nitrogens with one attached hydrogen (secondary N) is 1. The highest BCUT2D eigenvalue weighted by Gasteiger charge is 2.30. The van der Waals surface area contributed by atoms with Gasteiger partial charge in [-0.3, -0.25) is 9.89 Å². The lowest BCUT2D eigenvalue weighted by atomic mass is 10.0. The Hall–Kier alpha value is -1.75. The lowest BCUT2D eigenvalue weighted by Crippen LogP contribution is -2.37. The van der Waals surface area contributed by atoms with Gasteiger partial charge in [0.15, 0.2) is 11.5 Å². The Bertz CT molecular complexity index is 538. The molecule has 0 aromatic heterocycles. The van der Waals surface area contributed by atoms with E-state index in [1.807, 2.05) is 6.07 Å². The standard InChI is InChI=1S/C15H19N3O2/c1-2-8-18(7-1)14(15-16-5-6-17-15)11-3-4-12-13(9-11)20-10-19-12/h3-4,9,14H,1-2,5-8,10H2,(H,16,17). The lowest BCUT2D eigenvalue weighted by molar-refractivity contribution is 0.174. The molecule has 1 aromatic carbocycles. The van der Waals surface area contributed by atoms with Crippen LogP contribution in [0.1, 0.15) is 24.4 Å². The van der Waals surface area contributed by atoms with Gasteiger partial charge in [0, 0.05) is 6.54 Å². The first-order valence-electron chi connectivity index (χ1n) is 7.34. The molecule has 1 fully saturated rings. The average molecular weight is 273 g/mol. The molecule has 4 rings (SSSR count). The summed E-state index contributed by atoms with van der Waals surface area (Å²) in [6.07, 6.45) is 2.54. The van der Waals surface area contributed by atoms with Crippen LogP contribution in [0.4, 0.5) is 0 Å². The average Bonchev–Trinajstić information content (AvgIpc) is 3.22. The minimum atomic E-state index is 0.231. The number of ether oxygens (including phenoxy) is 2. The van der Waals surface area contributed by atoms with Crippen LogP contribution < -0.4 is 14.8 Å². The molecule has 1 atom stereocenters. The molecule has 0 spiro atoms. The van der Waals surface area contributed by atoms with Crippen molar-refractivity contribution in [1.29, 1.82) is 0 Å². The highest BCUT2D eigenvalue weighted by molar-refractivity contribution is 5.90. The fourth-order valence-electron chi connectivity index (χ4n) is 3.22. The quantitative estimate of drug-likeness (QED) is 0.907. The maximum absolute atomic E-state index is 5.51. The van der Waals surface area contributed by atoms with E-state index in [0.29, 0.717) is 6.79 Å². The van der Waals surface area contributed by atoms with E-state index in [2.05, 4.69) is 27.3 Å². The number of fused-ring (bicyclic) bond motifs is 1. The summed E-state index contributed by atoms with van der Waals surface area (Å²) in [5, 5.41) is 3.44. The summed E-state index contributed by atoms with van der Waals surface area (Å²) in [6, 6.07) is 6.48. The molecule has 1 unspecified atom stereocenters. The van der Waals surface area contributed by atoms with Gasteiger partial charge in [-0.2, -0.15) is 0 Å². The highest BCUT2D eigenvalue weighted by atomic mass is 16.7. The first-order chi connectivity index (χ1) is 9.92. The van der Waals surface area contributed by atoms with Crippen molar-refractivity contribution in [3.63, 3.8) is 0 Å². The summed E-state index contributed by atoms with van der Waals surface area (Å²) < 4.78 is 10.9. The SMILES string of the molecule is c1cc2c(cc1C(C1=NCCN1)N1CCCC1)OCO2. The van der Waals surface area contributed by atoms with Crippen LogP contribution >= 0.6 is 0 Å².